The highest BCUT2D eigenvalue weighted by atomic mass is 15.2. The SMILES string of the molecule is c1ccc(C2CC2N2CCC(CNC3CC3)C2)cc1. The zero-order valence-corrected chi connectivity index (χ0v) is 11.6. The van der Waals surface area contributed by atoms with Crippen LogP contribution in [0.4, 0.5) is 0 Å². The Morgan fingerprint density at radius 3 is 2.74 bits per heavy atom. The highest BCUT2D eigenvalue weighted by molar-refractivity contribution is 5.28. The minimum Gasteiger partial charge on any atom is -0.314 e. The predicted molar refractivity (Wildman–Crippen MR) is 78.3 cm³/mol. The molecule has 102 valence electrons. The van der Waals surface area contributed by atoms with E-state index in [-0.39, 0.29) is 0 Å². The summed E-state index contributed by atoms with van der Waals surface area (Å²) in [5, 5.41) is 3.69. The molecule has 1 N–H and O–H groups in total. The fourth-order valence-electron chi connectivity index (χ4n) is 3.59. The number of nitrogens with zero attached hydrogens (tertiary/aromatic N) is 1. The molecule has 1 aromatic rings. The lowest BCUT2D eigenvalue weighted by atomic mass is 10.1. The van der Waals surface area contributed by atoms with Gasteiger partial charge in [-0.05, 0) is 50.3 Å². The summed E-state index contributed by atoms with van der Waals surface area (Å²) in [5.74, 6) is 1.72. The van der Waals surface area contributed by atoms with Gasteiger partial charge in [-0.1, -0.05) is 30.3 Å². The standard InChI is InChI=1S/C17H24N2/c1-2-4-14(5-3-1)16-10-17(16)19-9-8-13(12-19)11-18-15-6-7-15/h1-5,13,15-18H,6-12H2. The second-order valence-corrected chi connectivity index (χ2v) is 6.65. The van der Waals surface area contributed by atoms with Crippen molar-refractivity contribution < 1.29 is 0 Å². The van der Waals surface area contributed by atoms with E-state index in [0.29, 0.717) is 0 Å². The van der Waals surface area contributed by atoms with E-state index in [9.17, 15) is 0 Å². The molecule has 4 rings (SSSR count). The Kier molecular flexibility index (Phi) is 3.08. The Hall–Kier alpha value is -0.860. The lowest BCUT2D eigenvalue weighted by molar-refractivity contribution is 0.306. The molecule has 1 aromatic carbocycles. The molecule has 2 nitrogen and oxygen atoms in total. The van der Waals surface area contributed by atoms with Crippen molar-refractivity contribution in [3.05, 3.63) is 35.9 Å². The van der Waals surface area contributed by atoms with E-state index in [1.807, 2.05) is 0 Å². The maximum Gasteiger partial charge on any atom is 0.0171 e. The summed E-state index contributed by atoms with van der Waals surface area (Å²) in [6, 6.07) is 12.8. The van der Waals surface area contributed by atoms with Crippen molar-refractivity contribution in [2.75, 3.05) is 19.6 Å². The van der Waals surface area contributed by atoms with Crippen molar-refractivity contribution in [3.63, 3.8) is 0 Å². The topological polar surface area (TPSA) is 15.3 Å². The average Bonchev–Trinajstić information content (AvgIpc) is 3.37. The smallest absolute Gasteiger partial charge is 0.0171 e. The normalized spacial score (nSPS) is 34.6. The van der Waals surface area contributed by atoms with E-state index >= 15 is 0 Å². The Labute approximate surface area is 116 Å². The molecule has 0 spiro atoms. The third-order valence-corrected chi connectivity index (χ3v) is 5.04. The van der Waals surface area contributed by atoms with Crippen LogP contribution in [0.1, 0.15) is 37.2 Å². The molecule has 2 aliphatic carbocycles. The Bertz CT molecular complexity index is 426. The van der Waals surface area contributed by atoms with Crippen LogP contribution in [0.15, 0.2) is 30.3 Å². The molecule has 0 aromatic heterocycles. The first kappa shape index (κ1) is 11.9. The summed E-state index contributed by atoms with van der Waals surface area (Å²) in [7, 11) is 0. The number of hydrogen-bond donors (Lipinski definition) is 1. The summed E-state index contributed by atoms with van der Waals surface area (Å²) < 4.78 is 0. The third-order valence-electron chi connectivity index (χ3n) is 5.04. The van der Waals surface area contributed by atoms with Gasteiger partial charge in [0.2, 0.25) is 0 Å². The second kappa shape index (κ2) is 4.92. The van der Waals surface area contributed by atoms with Gasteiger partial charge >= 0.3 is 0 Å². The monoisotopic (exact) mass is 256 g/mol. The van der Waals surface area contributed by atoms with Crippen LogP contribution in [0.2, 0.25) is 0 Å². The van der Waals surface area contributed by atoms with Gasteiger partial charge in [-0.2, -0.15) is 0 Å². The van der Waals surface area contributed by atoms with E-state index in [1.165, 1.54) is 45.3 Å². The zero-order chi connectivity index (χ0) is 12.7. The van der Waals surface area contributed by atoms with Gasteiger partial charge < -0.3 is 5.32 Å². The zero-order valence-electron chi connectivity index (χ0n) is 11.6. The Morgan fingerprint density at radius 1 is 1.11 bits per heavy atom. The minimum atomic E-state index is 0.816. The fourth-order valence-corrected chi connectivity index (χ4v) is 3.59. The van der Waals surface area contributed by atoms with Crippen LogP contribution < -0.4 is 5.32 Å². The van der Waals surface area contributed by atoms with Gasteiger partial charge in [-0.15, -0.1) is 0 Å². The van der Waals surface area contributed by atoms with Crippen LogP contribution >= 0.6 is 0 Å². The third kappa shape index (κ3) is 2.70. The summed E-state index contributed by atoms with van der Waals surface area (Å²) in [6.45, 7) is 3.91. The van der Waals surface area contributed by atoms with E-state index in [0.717, 1.165) is 23.9 Å². The molecule has 1 saturated heterocycles. The van der Waals surface area contributed by atoms with Crippen molar-refractivity contribution in [2.45, 2.75) is 43.7 Å². The Morgan fingerprint density at radius 2 is 1.95 bits per heavy atom. The molecule has 3 fully saturated rings. The van der Waals surface area contributed by atoms with Gasteiger partial charge in [0.25, 0.3) is 0 Å². The van der Waals surface area contributed by atoms with Gasteiger partial charge in [-0.25, -0.2) is 0 Å². The molecular formula is C17H24N2. The first-order chi connectivity index (χ1) is 9.40. The Balaban J connectivity index is 1.28. The number of rotatable bonds is 5. The van der Waals surface area contributed by atoms with Crippen LogP contribution in [0, 0.1) is 5.92 Å². The maximum atomic E-state index is 3.69. The fraction of sp³-hybridized carbons (Fsp3) is 0.647. The van der Waals surface area contributed by atoms with Crippen LogP contribution in [0.3, 0.4) is 0 Å². The molecule has 19 heavy (non-hydrogen) atoms. The molecule has 0 bridgehead atoms. The molecule has 0 amide bonds. The lowest BCUT2D eigenvalue weighted by Gasteiger charge is -2.16. The van der Waals surface area contributed by atoms with E-state index in [1.54, 1.807) is 5.56 Å². The van der Waals surface area contributed by atoms with Crippen molar-refractivity contribution in [1.82, 2.24) is 10.2 Å². The summed E-state index contributed by atoms with van der Waals surface area (Å²) in [5.41, 5.74) is 1.55. The van der Waals surface area contributed by atoms with Crippen LogP contribution in [-0.2, 0) is 0 Å². The average molecular weight is 256 g/mol. The number of likely N-dealkylation sites (tertiary alicyclic amines) is 1. The highest BCUT2D eigenvalue weighted by Crippen LogP contribution is 2.46. The van der Waals surface area contributed by atoms with Gasteiger partial charge in [0.15, 0.2) is 0 Å². The van der Waals surface area contributed by atoms with Gasteiger partial charge in [0, 0.05) is 24.5 Å². The summed E-state index contributed by atoms with van der Waals surface area (Å²) >= 11 is 0. The van der Waals surface area contributed by atoms with Gasteiger partial charge in [-0.3, -0.25) is 4.90 Å². The number of benzene rings is 1. The van der Waals surface area contributed by atoms with Crippen LogP contribution in [0.5, 0.6) is 0 Å². The van der Waals surface area contributed by atoms with Gasteiger partial charge in [0.1, 0.15) is 0 Å². The predicted octanol–water partition coefficient (Wildman–Crippen LogP) is 2.62. The minimum absolute atomic E-state index is 0.816. The number of hydrogen-bond acceptors (Lipinski definition) is 2. The molecule has 1 aliphatic heterocycles. The van der Waals surface area contributed by atoms with E-state index in [4.69, 9.17) is 0 Å². The molecule has 1 heterocycles. The molecule has 3 aliphatic rings. The molecule has 2 heteroatoms. The van der Waals surface area contributed by atoms with E-state index in [2.05, 4.69) is 40.5 Å². The lowest BCUT2D eigenvalue weighted by Crippen LogP contribution is -2.29. The largest absolute Gasteiger partial charge is 0.314 e. The van der Waals surface area contributed by atoms with Crippen LogP contribution in [0.25, 0.3) is 0 Å². The number of nitrogens with one attached hydrogen (secondary N) is 1. The summed E-state index contributed by atoms with van der Waals surface area (Å²) in [4.78, 5) is 2.75. The molecular weight excluding hydrogens is 232 g/mol. The molecule has 3 atom stereocenters. The molecule has 0 radical (unpaired) electrons. The molecule has 2 saturated carbocycles. The maximum absolute atomic E-state index is 3.69. The van der Waals surface area contributed by atoms with Crippen molar-refractivity contribution >= 4 is 0 Å². The highest BCUT2D eigenvalue weighted by Gasteiger charge is 2.44. The second-order valence-electron chi connectivity index (χ2n) is 6.65. The molecule has 3 unspecified atom stereocenters. The first-order valence-electron chi connectivity index (χ1n) is 7.92. The van der Waals surface area contributed by atoms with Gasteiger partial charge in [0.05, 0.1) is 0 Å². The van der Waals surface area contributed by atoms with Crippen molar-refractivity contribution in [3.8, 4) is 0 Å². The van der Waals surface area contributed by atoms with E-state index < -0.39 is 0 Å². The van der Waals surface area contributed by atoms with Crippen molar-refractivity contribution in [1.29, 1.82) is 0 Å². The van der Waals surface area contributed by atoms with Crippen molar-refractivity contribution in [2.24, 2.45) is 5.92 Å². The van der Waals surface area contributed by atoms with Crippen LogP contribution in [-0.4, -0.2) is 36.6 Å². The first-order valence-corrected chi connectivity index (χ1v) is 7.92. The summed E-state index contributed by atoms with van der Waals surface area (Å²) in [6.07, 6.45) is 5.61. The quantitative estimate of drug-likeness (QED) is 0.871.